The molecule has 0 saturated carbocycles. The van der Waals surface area contributed by atoms with E-state index in [9.17, 15) is 9.59 Å². The van der Waals surface area contributed by atoms with Gasteiger partial charge in [-0.3, -0.25) is 10.1 Å². The smallest absolute Gasteiger partial charge is 0.317 e. The fourth-order valence-electron chi connectivity index (χ4n) is 3.74. The van der Waals surface area contributed by atoms with Crippen molar-refractivity contribution in [1.82, 2.24) is 9.80 Å². The number of carbonyl (C=O) groups is 2. The first-order valence-corrected chi connectivity index (χ1v) is 11.9. The number of likely N-dealkylation sites (N-methyl/N-ethyl adjacent to an activating group) is 1. The summed E-state index contributed by atoms with van der Waals surface area (Å²) in [7, 11) is 0. The number of carbonyl (C=O) groups excluding carboxylic acids is 2. The van der Waals surface area contributed by atoms with E-state index in [0.29, 0.717) is 30.3 Å². The first-order valence-electron chi connectivity index (χ1n) is 11.1. The van der Waals surface area contributed by atoms with Gasteiger partial charge in [0, 0.05) is 30.6 Å². The Balaban J connectivity index is 1.79. The molecule has 1 aliphatic rings. The molecule has 1 aliphatic heterocycles. The molecule has 1 aromatic carbocycles. The molecule has 2 aromatic rings. The summed E-state index contributed by atoms with van der Waals surface area (Å²) in [6.45, 7) is 8.93. The Morgan fingerprint density at radius 1 is 1.22 bits per heavy atom. The zero-order chi connectivity index (χ0) is 23.1. The van der Waals surface area contributed by atoms with Crippen LogP contribution < -0.4 is 21.5 Å². The van der Waals surface area contributed by atoms with Crippen molar-refractivity contribution in [2.75, 3.05) is 44.6 Å². The van der Waals surface area contributed by atoms with Crippen molar-refractivity contribution in [3.8, 4) is 16.2 Å². The number of ether oxygens (including phenoxy) is 1. The molecule has 5 N–H and O–H groups in total. The van der Waals surface area contributed by atoms with Crippen LogP contribution in [0.3, 0.4) is 0 Å². The fraction of sp³-hybridized carbons (Fsp3) is 0.478. The molecule has 1 saturated heterocycles. The summed E-state index contributed by atoms with van der Waals surface area (Å²) in [5.41, 5.74) is 12.7. The lowest BCUT2D eigenvalue weighted by Crippen LogP contribution is -2.43. The van der Waals surface area contributed by atoms with E-state index in [1.807, 2.05) is 30.3 Å². The second kappa shape index (κ2) is 11.3. The zero-order valence-corrected chi connectivity index (χ0v) is 19.6. The molecule has 0 atom stereocenters. The van der Waals surface area contributed by atoms with Crippen molar-refractivity contribution in [2.45, 2.75) is 32.7 Å². The lowest BCUT2D eigenvalue weighted by atomic mass is 10.1. The van der Waals surface area contributed by atoms with Gasteiger partial charge in [0.1, 0.15) is 17.4 Å². The van der Waals surface area contributed by atoms with Crippen LogP contribution in [0.4, 0.5) is 9.80 Å². The SMILES string of the molecule is CCN(CC)CCOc1cccc(-c2cc(C(=O)N3CCC(N)CC3)c(NC(N)=O)s2)c1. The highest BCUT2D eigenvalue weighted by molar-refractivity contribution is 7.20. The van der Waals surface area contributed by atoms with Gasteiger partial charge in [0.05, 0.1) is 5.56 Å². The van der Waals surface area contributed by atoms with Crippen LogP contribution in [-0.2, 0) is 0 Å². The third kappa shape index (κ3) is 6.21. The van der Waals surface area contributed by atoms with Crippen molar-refractivity contribution in [2.24, 2.45) is 11.5 Å². The predicted molar refractivity (Wildman–Crippen MR) is 129 cm³/mol. The van der Waals surface area contributed by atoms with Crippen LogP contribution in [0.2, 0.25) is 0 Å². The van der Waals surface area contributed by atoms with Crippen molar-refractivity contribution in [1.29, 1.82) is 0 Å². The average molecular weight is 460 g/mol. The normalized spacial score (nSPS) is 14.6. The highest BCUT2D eigenvalue weighted by Crippen LogP contribution is 2.37. The molecule has 32 heavy (non-hydrogen) atoms. The number of amides is 3. The van der Waals surface area contributed by atoms with Crippen LogP contribution >= 0.6 is 11.3 Å². The number of thiophene rings is 1. The first kappa shape index (κ1) is 24.0. The summed E-state index contributed by atoms with van der Waals surface area (Å²) in [6, 6.07) is 9.02. The van der Waals surface area contributed by atoms with E-state index >= 15 is 0 Å². The quantitative estimate of drug-likeness (QED) is 0.533. The third-order valence-corrected chi connectivity index (χ3v) is 6.81. The maximum Gasteiger partial charge on any atom is 0.317 e. The van der Waals surface area contributed by atoms with Gasteiger partial charge in [-0.05, 0) is 49.7 Å². The Bertz CT molecular complexity index is 920. The Labute approximate surface area is 193 Å². The van der Waals surface area contributed by atoms with Gasteiger partial charge < -0.3 is 26.0 Å². The minimum atomic E-state index is -0.693. The molecule has 2 heterocycles. The average Bonchev–Trinajstić information content (AvgIpc) is 3.20. The van der Waals surface area contributed by atoms with Gasteiger partial charge in [-0.15, -0.1) is 11.3 Å². The van der Waals surface area contributed by atoms with E-state index in [1.54, 1.807) is 4.90 Å². The fourth-order valence-corrected chi connectivity index (χ4v) is 4.79. The van der Waals surface area contributed by atoms with Crippen molar-refractivity contribution < 1.29 is 14.3 Å². The molecule has 8 nitrogen and oxygen atoms in total. The molecule has 0 spiro atoms. The van der Waals surface area contributed by atoms with Crippen LogP contribution in [-0.4, -0.2) is 67.1 Å². The van der Waals surface area contributed by atoms with Crippen LogP contribution in [0.15, 0.2) is 30.3 Å². The highest BCUT2D eigenvalue weighted by atomic mass is 32.1. The molecule has 1 fully saturated rings. The van der Waals surface area contributed by atoms with Gasteiger partial charge in [-0.1, -0.05) is 26.0 Å². The summed E-state index contributed by atoms with van der Waals surface area (Å²) >= 11 is 1.33. The van der Waals surface area contributed by atoms with Crippen LogP contribution in [0.1, 0.15) is 37.0 Å². The number of hydrogen-bond donors (Lipinski definition) is 3. The largest absolute Gasteiger partial charge is 0.492 e. The van der Waals surface area contributed by atoms with Gasteiger partial charge in [0.15, 0.2) is 0 Å². The molecule has 0 aliphatic carbocycles. The number of benzene rings is 1. The van der Waals surface area contributed by atoms with Gasteiger partial charge >= 0.3 is 6.03 Å². The molecule has 0 radical (unpaired) electrons. The number of nitrogens with two attached hydrogens (primary N) is 2. The first-order chi connectivity index (χ1) is 15.4. The molecular formula is C23H33N5O3S. The van der Waals surface area contributed by atoms with Gasteiger partial charge in [-0.2, -0.15) is 0 Å². The van der Waals surface area contributed by atoms with E-state index in [-0.39, 0.29) is 11.9 Å². The molecule has 1 aromatic heterocycles. The Morgan fingerprint density at radius 2 is 1.94 bits per heavy atom. The van der Waals surface area contributed by atoms with E-state index in [1.165, 1.54) is 11.3 Å². The van der Waals surface area contributed by atoms with E-state index in [0.717, 1.165) is 48.7 Å². The van der Waals surface area contributed by atoms with Crippen molar-refractivity contribution >= 4 is 28.3 Å². The number of primary amides is 1. The maximum absolute atomic E-state index is 13.2. The van der Waals surface area contributed by atoms with Crippen molar-refractivity contribution in [3.05, 3.63) is 35.9 Å². The predicted octanol–water partition coefficient (Wildman–Crippen LogP) is 3.19. The Kier molecular flexibility index (Phi) is 8.49. The van der Waals surface area contributed by atoms with Crippen LogP contribution in [0, 0.1) is 0 Å². The lowest BCUT2D eigenvalue weighted by molar-refractivity contribution is 0.0716. The summed E-state index contributed by atoms with van der Waals surface area (Å²) in [6.07, 6.45) is 1.54. The van der Waals surface area contributed by atoms with Gasteiger partial charge in [0.25, 0.3) is 5.91 Å². The summed E-state index contributed by atoms with van der Waals surface area (Å²) in [5.74, 6) is 0.653. The third-order valence-electron chi connectivity index (χ3n) is 5.72. The summed E-state index contributed by atoms with van der Waals surface area (Å²) < 4.78 is 5.94. The molecule has 3 rings (SSSR count). The number of likely N-dealkylation sites (tertiary alicyclic amines) is 1. The minimum absolute atomic E-state index is 0.116. The van der Waals surface area contributed by atoms with Gasteiger partial charge in [0.2, 0.25) is 0 Å². The number of urea groups is 1. The maximum atomic E-state index is 13.2. The number of rotatable bonds is 9. The Hall–Kier alpha value is -2.62. The molecule has 0 unspecified atom stereocenters. The van der Waals surface area contributed by atoms with Crippen molar-refractivity contribution in [3.63, 3.8) is 0 Å². The molecular weight excluding hydrogens is 426 g/mol. The van der Waals surface area contributed by atoms with Crippen LogP contribution in [0.25, 0.3) is 10.4 Å². The summed E-state index contributed by atoms with van der Waals surface area (Å²) in [5, 5.41) is 3.07. The second-order valence-corrected chi connectivity index (χ2v) is 8.93. The van der Waals surface area contributed by atoms with Gasteiger partial charge in [-0.25, -0.2) is 4.79 Å². The number of nitrogens with one attached hydrogen (secondary N) is 1. The molecule has 3 amide bonds. The summed E-state index contributed by atoms with van der Waals surface area (Å²) in [4.78, 5) is 29.6. The lowest BCUT2D eigenvalue weighted by Gasteiger charge is -2.30. The molecule has 9 heteroatoms. The zero-order valence-electron chi connectivity index (χ0n) is 18.8. The minimum Gasteiger partial charge on any atom is -0.492 e. The Morgan fingerprint density at radius 3 is 2.59 bits per heavy atom. The van der Waals surface area contributed by atoms with Crippen LogP contribution in [0.5, 0.6) is 5.75 Å². The standard InChI is InChI=1S/C23H33N5O3S/c1-3-27(4-2)12-13-31-18-7-5-6-16(14-18)20-15-19(21(32-20)26-23(25)30)22(29)28-10-8-17(24)9-11-28/h5-7,14-15,17H,3-4,8-13,24H2,1-2H3,(H3,25,26,30). The second-order valence-electron chi connectivity index (χ2n) is 7.88. The monoisotopic (exact) mass is 459 g/mol. The topological polar surface area (TPSA) is 114 Å². The number of anilines is 1. The van der Waals surface area contributed by atoms with E-state index < -0.39 is 6.03 Å². The molecule has 0 bridgehead atoms. The highest BCUT2D eigenvalue weighted by Gasteiger charge is 2.26. The van der Waals surface area contributed by atoms with E-state index in [4.69, 9.17) is 16.2 Å². The number of hydrogen-bond acceptors (Lipinski definition) is 6. The number of piperidine rings is 1. The van der Waals surface area contributed by atoms with E-state index in [2.05, 4.69) is 24.1 Å². The molecule has 174 valence electrons. The number of nitrogens with zero attached hydrogens (tertiary/aromatic N) is 2.